The molecule has 0 radical (unpaired) electrons. The van der Waals surface area contributed by atoms with Gasteiger partial charge in [0.25, 0.3) is 0 Å². The molecule has 26 heavy (non-hydrogen) atoms. The molecule has 1 aliphatic carbocycles. The third-order valence-electron chi connectivity index (χ3n) is 5.53. The quantitative estimate of drug-likeness (QED) is 0.787. The third kappa shape index (κ3) is 5.31. The highest BCUT2D eigenvalue weighted by atomic mass is 16.5. The Morgan fingerprint density at radius 1 is 1.04 bits per heavy atom. The molecule has 2 aliphatic rings. The number of rotatable bonds is 5. The van der Waals surface area contributed by atoms with E-state index in [0.29, 0.717) is 18.3 Å². The smallest absolute Gasteiger partial charge is 0.338 e. The highest BCUT2D eigenvalue weighted by Crippen LogP contribution is 2.32. The van der Waals surface area contributed by atoms with E-state index in [1.54, 1.807) is 12.1 Å². The summed E-state index contributed by atoms with van der Waals surface area (Å²) < 4.78 is 12.1. The Morgan fingerprint density at radius 3 is 2.42 bits per heavy atom. The van der Waals surface area contributed by atoms with Gasteiger partial charge in [-0.2, -0.15) is 0 Å². The summed E-state index contributed by atoms with van der Waals surface area (Å²) in [5.41, 5.74) is 0.342. The molecule has 4 nitrogen and oxygen atoms in total. The molecule has 1 N–H and O–H groups in total. The van der Waals surface area contributed by atoms with Gasteiger partial charge in [0.05, 0.1) is 18.3 Å². The first-order valence-electron chi connectivity index (χ1n) is 10.0. The molecule has 1 aliphatic heterocycles. The number of piperidine rings is 1. The standard InChI is InChI=1S/C22H33NO3/c1-21(2)14-19(26-20(24)17-10-6-4-7-11-17)15-22(3,23-21)16-25-18-12-8-5-9-13-18/h4,6-7,10-11,18-19,23H,5,8-9,12-16H2,1-3H3. The van der Waals surface area contributed by atoms with Gasteiger partial charge >= 0.3 is 5.97 Å². The first-order valence-corrected chi connectivity index (χ1v) is 10.0. The summed E-state index contributed by atoms with van der Waals surface area (Å²) in [6.45, 7) is 7.21. The predicted molar refractivity (Wildman–Crippen MR) is 103 cm³/mol. The van der Waals surface area contributed by atoms with Crippen LogP contribution in [0.5, 0.6) is 0 Å². The first kappa shape index (κ1) is 19.4. The second-order valence-corrected chi connectivity index (χ2v) is 8.94. The largest absolute Gasteiger partial charge is 0.459 e. The fourth-order valence-electron chi connectivity index (χ4n) is 4.57. The predicted octanol–water partition coefficient (Wildman–Crippen LogP) is 4.48. The maximum atomic E-state index is 12.5. The Bertz CT molecular complexity index is 595. The maximum absolute atomic E-state index is 12.5. The van der Waals surface area contributed by atoms with E-state index >= 15 is 0 Å². The summed E-state index contributed by atoms with van der Waals surface area (Å²) in [5, 5.41) is 3.74. The molecule has 2 unspecified atom stereocenters. The number of nitrogens with one attached hydrogen (secondary N) is 1. The fraction of sp³-hybridized carbons (Fsp3) is 0.682. The molecule has 1 saturated heterocycles. The van der Waals surface area contributed by atoms with E-state index in [1.807, 2.05) is 18.2 Å². The lowest BCUT2D eigenvalue weighted by atomic mass is 9.80. The maximum Gasteiger partial charge on any atom is 0.338 e. The molecular weight excluding hydrogens is 326 g/mol. The van der Waals surface area contributed by atoms with Crippen LogP contribution in [0.4, 0.5) is 0 Å². The highest BCUT2D eigenvalue weighted by Gasteiger charge is 2.42. The van der Waals surface area contributed by atoms with Crippen molar-refractivity contribution in [1.29, 1.82) is 0 Å². The van der Waals surface area contributed by atoms with Crippen LogP contribution in [0.2, 0.25) is 0 Å². The second kappa shape index (κ2) is 8.10. The van der Waals surface area contributed by atoms with Crippen LogP contribution in [-0.2, 0) is 9.47 Å². The molecule has 1 aromatic carbocycles. The van der Waals surface area contributed by atoms with Crippen LogP contribution in [0, 0.1) is 0 Å². The summed E-state index contributed by atoms with van der Waals surface area (Å²) in [5.74, 6) is -0.233. The minimum absolute atomic E-state index is 0.0927. The SMILES string of the molecule is CC1(C)CC(OC(=O)c2ccccc2)CC(C)(COC2CCCCC2)N1. The second-order valence-electron chi connectivity index (χ2n) is 8.94. The molecule has 1 saturated carbocycles. The van der Waals surface area contributed by atoms with Gasteiger partial charge in [-0.05, 0) is 45.7 Å². The van der Waals surface area contributed by atoms with Crippen LogP contribution in [0.25, 0.3) is 0 Å². The van der Waals surface area contributed by atoms with E-state index in [-0.39, 0.29) is 23.2 Å². The van der Waals surface area contributed by atoms with Crippen LogP contribution in [0.15, 0.2) is 30.3 Å². The number of carbonyl (C=O) groups is 1. The van der Waals surface area contributed by atoms with E-state index in [1.165, 1.54) is 32.1 Å². The first-order chi connectivity index (χ1) is 12.4. The number of carbonyl (C=O) groups excluding carboxylic acids is 1. The Labute approximate surface area is 157 Å². The van der Waals surface area contributed by atoms with Crippen molar-refractivity contribution in [2.24, 2.45) is 0 Å². The van der Waals surface area contributed by atoms with Crippen LogP contribution in [0.3, 0.4) is 0 Å². The number of ether oxygens (including phenoxy) is 2. The van der Waals surface area contributed by atoms with Gasteiger partial charge in [-0.15, -0.1) is 0 Å². The molecule has 144 valence electrons. The Morgan fingerprint density at radius 2 is 1.73 bits per heavy atom. The van der Waals surface area contributed by atoms with Crippen LogP contribution in [0.1, 0.15) is 76.1 Å². The molecule has 1 heterocycles. The topological polar surface area (TPSA) is 47.6 Å². The van der Waals surface area contributed by atoms with Gasteiger partial charge in [-0.1, -0.05) is 37.5 Å². The Hall–Kier alpha value is -1.39. The molecule has 2 atom stereocenters. The number of hydrogen-bond acceptors (Lipinski definition) is 4. The van der Waals surface area contributed by atoms with Gasteiger partial charge in [-0.3, -0.25) is 0 Å². The monoisotopic (exact) mass is 359 g/mol. The lowest BCUT2D eigenvalue weighted by Crippen LogP contribution is -2.63. The van der Waals surface area contributed by atoms with E-state index in [2.05, 4.69) is 26.1 Å². The van der Waals surface area contributed by atoms with Gasteiger partial charge < -0.3 is 14.8 Å². The Balaban J connectivity index is 1.61. The fourth-order valence-corrected chi connectivity index (χ4v) is 4.57. The van der Waals surface area contributed by atoms with Crippen molar-refractivity contribution in [1.82, 2.24) is 5.32 Å². The summed E-state index contributed by atoms with van der Waals surface area (Å²) in [7, 11) is 0. The van der Waals surface area contributed by atoms with Gasteiger partial charge in [0.1, 0.15) is 6.10 Å². The Kier molecular flexibility index (Phi) is 6.03. The average molecular weight is 360 g/mol. The molecule has 3 rings (SSSR count). The van der Waals surface area contributed by atoms with Crippen LogP contribution >= 0.6 is 0 Å². The summed E-state index contributed by atoms with van der Waals surface area (Å²) in [6, 6.07) is 9.25. The van der Waals surface area contributed by atoms with Gasteiger partial charge in [0.15, 0.2) is 0 Å². The van der Waals surface area contributed by atoms with Crippen molar-refractivity contribution < 1.29 is 14.3 Å². The van der Waals surface area contributed by atoms with Crippen molar-refractivity contribution in [2.75, 3.05) is 6.61 Å². The van der Waals surface area contributed by atoms with Crippen LogP contribution < -0.4 is 5.32 Å². The minimum Gasteiger partial charge on any atom is -0.459 e. The molecule has 0 aromatic heterocycles. The van der Waals surface area contributed by atoms with E-state index < -0.39 is 0 Å². The van der Waals surface area contributed by atoms with Crippen molar-refractivity contribution >= 4 is 5.97 Å². The van der Waals surface area contributed by atoms with Gasteiger partial charge in [-0.25, -0.2) is 4.79 Å². The van der Waals surface area contributed by atoms with Crippen molar-refractivity contribution in [3.63, 3.8) is 0 Å². The molecule has 4 heteroatoms. The van der Waals surface area contributed by atoms with Crippen molar-refractivity contribution in [3.05, 3.63) is 35.9 Å². The van der Waals surface area contributed by atoms with E-state index in [0.717, 1.165) is 12.8 Å². The summed E-state index contributed by atoms with van der Waals surface area (Å²) >= 11 is 0. The lowest BCUT2D eigenvalue weighted by molar-refractivity contribution is -0.0550. The molecule has 2 fully saturated rings. The highest BCUT2D eigenvalue weighted by molar-refractivity contribution is 5.89. The molecule has 0 bridgehead atoms. The molecular formula is C22H33NO3. The van der Waals surface area contributed by atoms with E-state index in [9.17, 15) is 4.79 Å². The van der Waals surface area contributed by atoms with Crippen molar-refractivity contribution in [2.45, 2.75) is 89.0 Å². The number of benzene rings is 1. The average Bonchev–Trinajstić information content (AvgIpc) is 2.60. The zero-order chi connectivity index (χ0) is 18.6. The van der Waals surface area contributed by atoms with Gasteiger partial charge in [0.2, 0.25) is 0 Å². The molecule has 1 aromatic rings. The molecule has 0 spiro atoms. The van der Waals surface area contributed by atoms with Crippen molar-refractivity contribution in [3.8, 4) is 0 Å². The number of hydrogen-bond donors (Lipinski definition) is 1. The minimum atomic E-state index is -0.233. The summed E-state index contributed by atoms with van der Waals surface area (Å²) in [6.07, 6.45) is 8.11. The third-order valence-corrected chi connectivity index (χ3v) is 5.53. The summed E-state index contributed by atoms with van der Waals surface area (Å²) in [4.78, 5) is 12.5. The lowest BCUT2D eigenvalue weighted by Gasteiger charge is -2.47. The van der Waals surface area contributed by atoms with Gasteiger partial charge in [0, 0.05) is 23.9 Å². The van der Waals surface area contributed by atoms with Crippen LogP contribution in [-0.4, -0.2) is 35.9 Å². The normalized spacial score (nSPS) is 29.3. The molecule has 0 amide bonds. The zero-order valence-corrected chi connectivity index (χ0v) is 16.4. The van der Waals surface area contributed by atoms with E-state index in [4.69, 9.17) is 9.47 Å². The zero-order valence-electron chi connectivity index (χ0n) is 16.4. The number of esters is 1.